The molecule has 2 N–H and O–H groups in total. The number of unbranched alkanes of at least 4 members (excludes halogenated alkanes) is 1. The molecule has 1 unspecified atom stereocenters. The standard InChI is InChI=1S/C14H18N2O3/c15-9-5-4-8-13(11-17)16(14(18)19)10-12-6-2-1-3-7-12/h1-3,6-7,13,17H,4-5,8,10-11H2,(H,18,19). The van der Waals surface area contributed by atoms with Crippen molar-refractivity contribution in [2.24, 2.45) is 0 Å². The van der Waals surface area contributed by atoms with Gasteiger partial charge in [0.2, 0.25) is 0 Å². The van der Waals surface area contributed by atoms with Crippen LogP contribution in [0.25, 0.3) is 0 Å². The maximum Gasteiger partial charge on any atom is 0.407 e. The fourth-order valence-electron chi connectivity index (χ4n) is 1.90. The highest BCUT2D eigenvalue weighted by atomic mass is 16.4. The van der Waals surface area contributed by atoms with Gasteiger partial charge in [-0.3, -0.25) is 4.90 Å². The molecule has 0 spiro atoms. The van der Waals surface area contributed by atoms with Crippen LogP contribution < -0.4 is 0 Å². The lowest BCUT2D eigenvalue weighted by Gasteiger charge is -2.28. The second-order valence-electron chi connectivity index (χ2n) is 4.28. The second-order valence-corrected chi connectivity index (χ2v) is 4.28. The summed E-state index contributed by atoms with van der Waals surface area (Å²) < 4.78 is 0. The van der Waals surface area contributed by atoms with Gasteiger partial charge < -0.3 is 10.2 Å². The van der Waals surface area contributed by atoms with Crippen LogP contribution in [0.15, 0.2) is 30.3 Å². The van der Waals surface area contributed by atoms with Crippen molar-refractivity contribution in [3.63, 3.8) is 0 Å². The van der Waals surface area contributed by atoms with Crippen molar-refractivity contribution < 1.29 is 15.0 Å². The zero-order valence-corrected chi connectivity index (χ0v) is 10.7. The predicted molar refractivity (Wildman–Crippen MR) is 70.3 cm³/mol. The van der Waals surface area contributed by atoms with Gasteiger partial charge in [0.25, 0.3) is 0 Å². The number of amides is 1. The van der Waals surface area contributed by atoms with E-state index in [9.17, 15) is 15.0 Å². The van der Waals surface area contributed by atoms with Gasteiger partial charge >= 0.3 is 6.09 Å². The number of benzene rings is 1. The lowest BCUT2D eigenvalue weighted by Crippen LogP contribution is -2.41. The Labute approximate surface area is 112 Å². The SMILES string of the molecule is N#CCCCC(CO)N(Cc1ccccc1)C(=O)O. The summed E-state index contributed by atoms with van der Waals surface area (Å²) in [5, 5.41) is 27.1. The third-order valence-electron chi connectivity index (χ3n) is 2.92. The Hall–Kier alpha value is -2.06. The molecular weight excluding hydrogens is 244 g/mol. The van der Waals surface area contributed by atoms with Gasteiger partial charge in [-0.05, 0) is 18.4 Å². The van der Waals surface area contributed by atoms with Gasteiger partial charge in [0, 0.05) is 13.0 Å². The van der Waals surface area contributed by atoms with E-state index < -0.39 is 12.1 Å². The van der Waals surface area contributed by atoms with Crippen LogP contribution >= 0.6 is 0 Å². The number of nitrogens with zero attached hydrogens (tertiary/aromatic N) is 2. The molecule has 1 atom stereocenters. The zero-order chi connectivity index (χ0) is 14.1. The highest BCUT2D eigenvalue weighted by Crippen LogP contribution is 2.13. The fourth-order valence-corrected chi connectivity index (χ4v) is 1.90. The van der Waals surface area contributed by atoms with E-state index in [4.69, 9.17) is 5.26 Å². The minimum atomic E-state index is -1.06. The number of carbonyl (C=O) groups is 1. The first-order chi connectivity index (χ1) is 9.19. The van der Waals surface area contributed by atoms with Gasteiger partial charge in [-0.25, -0.2) is 4.79 Å². The summed E-state index contributed by atoms with van der Waals surface area (Å²) in [7, 11) is 0. The molecule has 0 fully saturated rings. The van der Waals surface area contributed by atoms with E-state index in [0.29, 0.717) is 19.3 Å². The van der Waals surface area contributed by atoms with E-state index in [0.717, 1.165) is 5.56 Å². The largest absolute Gasteiger partial charge is 0.465 e. The minimum absolute atomic E-state index is 0.232. The Kier molecular flexibility index (Phi) is 6.41. The van der Waals surface area contributed by atoms with Crippen LogP contribution in [0, 0.1) is 11.3 Å². The van der Waals surface area contributed by atoms with Gasteiger partial charge in [0.15, 0.2) is 0 Å². The molecule has 5 nitrogen and oxygen atoms in total. The van der Waals surface area contributed by atoms with Crippen LogP contribution in [-0.2, 0) is 6.54 Å². The van der Waals surface area contributed by atoms with Crippen LogP contribution in [0.4, 0.5) is 4.79 Å². The molecule has 0 bridgehead atoms. The summed E-state index contributed by atoms with van der Waals surface area (Å²) in [4.78, 5) is 12.5. The molecule has 0 aromatic heterocycles. The molecule has 0 heterocycles. The maximum absolute atomic E-state index is 11.3. The average molecular weight is 262 g/mol. The van der Waals surface area contributed by atoms with E-state index in [1.807, 2.05) is 36.4 Å². The number of aliphatic hydroxyl groups excluding tert-OH is 1. The summed E-state index contributed by atoms with van der Waals surface area (Å²) in [5.41, 5.74) is 0.878. The van der Waals surface area contributed by atoms with Crippen LogP contribution in [0.1, 0.15) is 24.8 Å². The first kappa shape index (κ1) is 15.0. The van der Waals surface area contributed by atoms with Crippen molar-refractivity contribution in [3.05, 3.63) is 35.9 Å². The van der Waals surface area contributed by atoms with Crippen molar-refractivity contribution in [2.45, 2.75) is 31.8 Å². The first-order valence-electron chi connectivity index (χ1n) is 6.20. The zero-order valence-electron chi connectivity index (χ0n) is 10.7. The maximum atomic E-state index is 11.3. The second kappa shape index (κ2) is 8.11. The van der Waals surface area contributed by atoms with Crippen LogP contribution in [0.2, 0.25) is 0 Å². The summed E-state index contributed by atoms with van der Waals surface area (Å²) in [6.07, 6.45) is 0.388. The number of hydrogen-bond donors (Lipinski definition) is 2. The Balaban J connectivity index is 2.69. The number of rotatable bonds is 7. The molecule has 1 amide bonds. The molecular formula is C14H18N2O3. The van der Waals surface area contributed by atoms with E-state index in [-0.39, 0.29) is 13.2 Å². The van der Waals surface area contributed by atoms with Gasteiger partial charge in [-0.2, -0.15) is 5.26 Å². The summed E-state index contributed by atoms with van der Waals surface area (Å²) in [6, 6.07) is 10.8. The molecule has 0 saturated carbocycles. The van der Waals surface area contributed by atoms with Crippen molar-refractivity contribution in [2.75, 3.05) is 6.61 Å². The molecule has 0 aliphatic rings. The van der Waals surface area contributed by atoms with E-state index in [1.165, 1.54) is 4.90 Å². The Morgan fingerprint density at radius 3 is 2.58 bits per heavy atom. The Bertz CT molecular complexity index is 428. The lowest BCUT2D eigenvalue weighted by molar-refractivity contribution is 0.0889. The van der Waals surface area contributed by atoms with Crippen molar-refractivity contribution in [1.82, 2.24) is 4.90 Å². The molecule has 19 heavy (non-hydrogen) atoms. The van der Waals surface area contributed by atoms with E-state index >= 15 is 0 Å². The number of aliphatic hydroxyl groups is 1. The first-order valence-corrected chi connectivity index (χ1v) is 6.20. The Morgan fingerprint density at radius 1 is 1.37 bits per heavy atom. The number of hydrogen-bond acceptors (Lipinski definition) is 3. The summed E-state index contributed by atoms with van der Waals surface area (Å²) >= 11 is 0. The fraction of sp³-hybridized carbons (Fsp3) is 0.429. The molecule has 0 aliphatic heterocycles. The Morgan fingerprint density at radius 2 is 2.05 bits per heavy atom. The van der Waals surface area contributed by atoms with Crippen LogP contribution in [0.5, 0.6) is 0 Å². The van der Waals surface area contributed by atoms with Gasteiger partial charge in [-0.15, -0.1) is 0 Å². The molecule has 1 aromatic rings. The van der Waals surface area contributed by atoms with E-state index in [2.05, 4.69) is 0 Å². The van der Waals surface area contributed by atoms with Gasteiger partial charge in [-0.1, -0.05) is 30.3 Å². The van der Waals surface area contributed by atoms with Crippen molar-refractivity contribution in [1.29, 1.82) is 5.26 Å². The van der Waals surface area contributed by atoms with Gasteiger partial charge in [0.1, 0.15) is 0 Å². The topological polar surface area (TPSA) is 84.6 Å². The molecule has 0 radical (unpaired) electrons. The van der Waals surface area contributed by atoms with Crippen molar-refractivity contribution >= 4 is 6.09 Å². The average Bonchev–Trinajstić information content (AvgIpc) is 2.42. The highest BCUT2D eigenvalue weighted by molar-refractivity contribution is 5.65. The van der Waals surface area contributed by atoms with Crippen LogP contribution in [0.3, 0.4) is 0 Å². The minimum Gasteiger partial charge on any atom is -0.465 e. The van der Waals surface area contributed by atoms with Gasteiger partial charge in [0.05, 0.1) is 18.7 Å². The number of nitriles is 1. The predicted octanol–water partition coefficient (Wildman–Crippen LogP) is 2.22. The van der Waals surface area contributed by atoms with Crippen LogP contribution in [-0.4, -0.2) is 33.9 Å². The molecule has 1 aromatic carbocycles. The molecule has 0 saturated heterocycles. The molecule has 102 valence electrons. The smallest absolute Gasteiger partial charge is 0.407 e. The van der Waals surface area contributed by atoms with E-state index in [1.54, 1.807) is 0 Å². The quantitative estimate of drug-likeness (QED) is 0.738. The third kappa shape index (κ3) is 4.98. The van der Waals surface area contributed by atoms with Crippen molar-refractivity contribution in [3.8, 4) is 6.07 Å². The summed E-state index contributed by atoms with van der Waals surface area (Å²) in [5.74, 6) is 0. The highest BCUT2D eigenvalue weighted by Gasteiger charge is 2.22. The normalized spacial score (nSPS) is 11.6. The molecule has 1 rings (SSSR count). The number of carboxylic acid groups (broad SMARTS) is 1. The molecule has 0 aliphatic carbocycles. The summed E-state index contributed by atoms with van der Waals surface area (Å²) in [6.45, 7) is 0.0124. The monoisotopic (exact) mass is 262 g/mol. The lowest BCUT2D eigenvalue weighted by atomic mass is 10.1. The third-order valence-corrected chi connectivity index (χ3v) is 2.92. The molecule has 5 heteroatoms.